The van der Waals surface area contributed by atoms with Crippen molar-refractivity contribution in [2.24, 2.45) is 0 Å². The molecular weight excluding hydrogens is 442 g/mol. The molecule has 2 aromatic carbocycles. The third kappa shape index (κ3) is 5.32. The molecule has 0 aliphatic heterocycles. The molecule has 0 saturated carbocycles. The first-order chi connectivity index (χ1) is 16.0. The number of benzene rings is 2. The lowest BCUT2D eigenvalue weighted by Gasteiger charge is -2.11. The van der Waals surface area contributed by atoms with Gasteiger partial charge < -0.3 is 19.2 Å². The normalized spacial score (nSPS) is 11.2. The highest BCUT2D eigenvalue weighted by Gasteiger charge is 2.16. The summed E-state index contributed by atoms with van der Waals surface area (Å²) in [5.41, 5.74) is 2.05. The van der Waals surface area contributed by atoms with Crippen molar-refractivity contribution in [1.29, 1.82) is 0 Å². The van der Waals surface area contributed by atoms with Gasteiger partial charge in [0, 0.05) is 11.8 Å². The standard InChI is InChI=1S/C24H23N3O5S/c1-3-33(28,29)20-10-11-22(30-2)21(14-20)27-24-26-15-23(32-24)17-7-6-9-19(13-17)31-16-18-8-4-5-12-25-18/h4-15H,3,16H2,1-2H3,(H,26,27). The van der Waals surface area contributed by atoms with Gasteiger partial charge in [0.25, 0.3) is 6.01 Å². The van der Waals surface area contributed by atoms with Crippen LogP contribution in [-0.4, -0.2) is 31.2 Å². The van der Waals surface area contributed by atoms with Gasteiger partial charge in [-0.2, -0.15) is 0 Å². The lowest BCUT2D eigenvalue weighted by Crippen LogP contribution is -2.05. The summed E-state index contributed by atoms with van der Waals surface area (Å²) in [4.78, 5) is 8.71. The summed E-state index contributed by atoms with van der Waals surface area (Å²) in [5, 5.41) is 3.00. The number of aromatic nitrogens is 2. The zero-order chi connectivity index (χ0) is 23.3. The topological polar surface area (TPSA) is 104 Å². The van der Waals surface area contributed by atoms with E-state index in [1.165, 1.54) is 19.2 Å². The Hall–Kier alpha value is -3.85. The molecule has 9 heteroatoms. The summed E-state index contributed by atoms with van der Waals surface area (Å²) in [6.45, 7) is 1.95. The third-order valence-corrected chi connectivity index (χ3v) is 6.62. The molecule has 33 heavy (non-hydrogen) atoms. The van der Waals surface area contributed by atoms with Gasteiger partial charge in [0.15, 0.2) is 15.6 Å². The van der Waals surface area contributed by atoms with E-state index in [-0.39, 0.29) is 16.7 Å². The summed E-state index contributed by atoms with van der Waals surface area (Å²) in [7, 11) is -1.87. The number of pyridine rings is 1. The zero-order valence-electron chi connectivity index (χ0n) is 18.2. The van der Waals surface area contributed by atoms with Gasteiger partial charge in [-0.1, -0.05) is 25.1 Å². The smallest absolute Gasteiger partial charge is 0.299 e. The van der Waals surface area contributed by atoms with Crippen LogP contribution in [0.4, 0.5) is 11.7 Å². The molecule has 0 saturated heterocycles. The van der Waals surface area contributed by atoms with Crippen LogP contribution in [0.3, 0.4) is 0 Å². The van der Waals surface area contributed by atoms with Crippen molar-refractivity contribution in [3.05, 3.63) is 78.8 Å². The first-order valence-corrected chi connectivity index (χ1v) is 11.9. The molecule has 2 aromatic heterocycles. The van der Waals surface area contributed by atoms with Gasteiger partial charge in [-0.05, 0) is 42.5 Å². The fourth-order valence-corrected chi connectivity index (χ4v) is 4.01. The van der Waals surface area contributed by atoms with Crippen LogP contribution in [0.25, 0.3) is 11.3 Å². The molecule has 8 nitrogen and oxygen atoms in total. The van der Waals surface area contributed by atoms with Gasteiger partial charge in [0.1, 0.15) is 18.1 Å². The SMILES string of the molecule is CCS(=O)(=O)c1ccc(OC)c(Nc2ncc(-c3cccc(OCc4ccccn4)c3)o2)c1. The van der Waals surface area contributed by atoms with E-state index in [1.54, 1.807) is 25.4 Å². The molecule has 4 aromatic rings. The van der Waals surface area contributed by atoms with Crippen LogP contribution in [0.5, 0.6) is 11.5 Å². The molecule has 2 heterocycles. The molecule has 0 aliphatic carbocycles. The van der Waals surface area contributed by atoms with Crippen LogP contribution < -0.4 is 14.8 Å². The number of oxazole rings is 1. The highest BCUT2D eigenvalue weighted by atomic mass is 32.2. The summed E-state index contributed by atoms with van der Waals surface area (Å²) >= 11 is 0. The van der Waals surface area contributed by atoms with E-state index in [0.717, 1.165) is 11.3 Å². The van der Waals surface area contributed by atoms with E-state index in [1.807, 2.05) is 42.5 Å². The molecule has 1 N–H and O–H groups in total. The maximum atomic E-state index is 12.2. The van der Waals surface area contributed by atoms with Gasteiger partial charge in [0.2, 0.25) is 0 Å². The Bertz CT molecular complexity index is 1340. The second kappa shape index (κ2) is 9.74. The van der Waals surface area contributed by atoms with Crippen molar-refractivity contribution in [3.63, 3.8) is 0 Å². The summed E-state index contributed by atoms with van der Waals surface area (Å²) in [6, 6.07) is 17.9. The van der Waals surface area contributed by atoms with Crippen LogP contribution in [0.15, 0.2) is 82.4 Å². The van der Waals surface area contributed by atoms with Crippen molar-refractivity contribution in [3.8, 4) is 22.8 Å². The molecule has 4 rings (SSSR count). The highest BCUT2D eigenvalue weighted by molar-refractivity contribution is 7.91. The summed E-state index contributed by atoms with van der Waals surface area (Å²) in [6.07, 6.45) is 3.31. The maximum Gasteiger partial charge on any atom is 0.299 e. The molecule has 0 amide bonds. The lowest BCUT2D eigenvalue weighted by atomic mass is 10.2. The molecule has 0 unspecified atom stereocenters. The monoisotopic (exact) mass is 465 g/mol. The summed E-state index contributed by atoms with van der Waals surface area (Å²) < 4.78 is 41.5. The molecule has 170 valence electrons. The fraction of sp³-hybridized carbons (Fsp3) is 0.167. The minimum absolute atomic E-state index is 0.000660. The Morgan fingerprint density at radius 2 is 1.91 bits per heavy atom. The van der Waals surface area contributed by atoms with Crippen molar-refractivity contribution >= 4 is 21.5 Å². The predicted molar refractivity (Wildman–Crippen MR) is 125 cm³/mol. The van der Waals surface area contributed by atoms with Crippen LogP contribution in [0, 0.1) is 0 Å². The molecule has 0 spiro atoms. The van der Waals surface area contributed by atoms with E-state index < -0.39 is 9.84 Å². The second-order valence-electron chi connectivity index (χ2n) is 7.06. The highest BCUT2D eigenvalue weighted by Crippen LogP contribution is 2.32. The molecule has 0 aliphatic rings. The largest absolute Gasteiger partial charge is 0.495 e. The first kappa shape index (κ1) is 22.3. The van der Waals surface area contributed by atoms with E-state index in [4.69, 9.17) is 13.9 Å². The Morgan fingerprint density at radius 1 is 1.03 bits per heavy atom. The Labute approximate surface area is 192 Å². The number of sulfone groups is 1. The molecule has 0 atom stereocenters. The van der Waals surface area contributed by atoms with Crippen molar-refractivity contribution in [2.45, 2.75) is 18.4 Å². The van der Waals surface area contributed by atoms with Crippen LogP contribution in [0.1, 0.15) is 12.6 Å². The number of anilines is 2. The van der Waals surface area contributed by atoms with Crippen molar-refractivity contribution < 1.29 is 22.3 Å². The first-order valence-electron chi connectivity index (χ1n) is 10.3. The number of methoxy groups -OCH3 is 1. The summed E-state index contributed by atoms with van der Waals surface area (Å²) in [5.74, 6) is 1.66. The van der Waals surface area contributed by atoms with Crippen LogP contribution in [-0.2, 0) is 16.4 Å². The van der Waals surface area contributed by atoms with Crippen molar-refractivity contribution in [2.75, 3.05) is 18.2 Å². The average molecular weight is 466 g/mol. The Morgan fingerprint density at radius 3 is 2.67 bits per heavy atom. The van der Waals surface area contributed by atoms with E-state index in [2.05, 4.69) is 15.3 Å². The molecule has 0 fully saturated rings. The van der Waals surface area contributed by atoms with E-state index in [0.29, 0.717) is 29.6 Å². The minimum Gasteiger partial charge on any atom is -0.495 e. The van der Waals surface area contributed by atoms with Gasteiger partial charge in [-0.3, -0.25) is 4.98 Å². The average Bonchev–Trinajstić information content (AvgIpc) is 3.32. The predicted octanol–water partition coefficient (Wildman–Crippen LogP) is 4.86. The van der Waals surface area contributed by atoms with Crippen molar-refractivity contribution in [1.82, 2.24) is 9.97 Å². The number of hydrogen-bond donors (Lipinski definition) is 1. The van der Waals surface area contributed by atoms with Crippen LogP contribution in [0.2, 0.25) is 0 Å². The van der Waals surface area contributed by atoms with Gasteiger partial charge in [-0.15, -0.1) is 0 Å². The number of ether oxygens (including phenoxy) is 2. The maximum absolute atomic E-state index is 12.2. The zero-order valence-corrected chi connectivity index (χ0v) is 19.0. The quantitative estimate of drug-likeness (QED) is 0.374. The molecule has 0 bridgehead atoms. The number of nitrogens with one attached hydrogen (secondary N) is 1. The van der Waals surface area contributed by atoms with Gasteiger partial charge in [0.05, 0.1) is 35.3 Å². The van der Waals surface area contributed by atoms with Gasteiger partial charge in [-0.25, -0.2) is 13.4 Å². The second-order valence-corrected chi connectivity index (χ2v) is 9.34. The Balaban J connectivity index is 1.52. The molecule has 0 radical (unpaired) electrons. The van der Waals surface area contributed by atoms with Gasteiger partial charge >= 0.3 is 0 Å². The number of nitrogens with zero attached hydrogens (tertiary/aromatic N) is 2. The molecular formula is C24H23N3O5S. The number of rotatable bonds is 9. The fourth-order valence-electron chi connectivity index (χ4n) is 3.11. The van der Waals surface area contributed by atoms with E-state index >= 15 is 0 Å². The van der Waals surface area contributed by atoms with E-state index in [9.17, 15) is 8.42 Å². The van der Waals surface area contributed by atoms with Crippen LogP contribution >= 0.6 is 0 Å². The third-order valence-electron chi connectivity index (χ3n) is 4.89. The minimum atomic E-state index is -3.37. The lowest BCUT2D eigenvalue weighted by molar-refractivity contribution is 0.301. The Kier molecular flexibility index (Phi) is 6.60. The number of hydrogen-bond acceptors (Lipinski definition) is 8.